The summed E-state index contributed by atoms with van der Waals surface area (Å²) >= 11 is 0. The molecule has 136 valence electrons. The molecule has 25 heavy (non-hydrogen) atoms. The Morgan fingerprint density at radius 3 is 2.32 bits per heavy atom. The van der Waals surface area contributed by atoms with Crippen LogP contribution in [0.2, 0.25) is 0 Å². The lowest BCUT2D eigenvalue weighted by atomic mass is 9.96. The highest BCUT2D eigenvalue weighted by Crippen LogP contribution is 2.50. The fourth-order valence-electron chi connectivity index (χ4n) is 3.41. The maximum absolute atomic E-state index is 13.8. The third-order valence-electron chi connectivity index (χ3n) is 4.84. The minimum atomic E-state index is -4.72. The first kappa shape index (κ1) is 17.6. The summed E-state index contributed by atoms with van der Waals surface area (Å²) in [6.45, 7) is -1.23. The summed E-state index contributed by atoms with van der Waals surface area (Å²) in [5.74, 6) is -8.85. The lowest BCUT2D eigenvalue weighted by Gasteiger charge is -2.18. The van der Waals surface area contributed by atoms with Crippen molar-refractivity contribution in [1.82, 2.24) is 4.90 Å². The zero-order valence-corrected chi connectivity index (χ0v) is 12.8. The van der Waals surface area contributed by atoms with Crippen molar-refractivity contribution in [3.05, 3.63) is 35.4 Å². The molecule has 2 fully saturated rings. The maximum Gasteiger partial charge on any atom is 0.394 e. The van der Waals surface area contributed by atoms with Crippen LogP contribution in [0, 0.1) is 29.4 Å². The van der Waals surface area contributed by atoms with Gasteiger partial charge in [0.05, 0.1) is 11.8 Å². The van der Waals surface area contributed by atoms with E-state index in [4.69, 9.17) is 5.11 Å². The molecular formula is C16H14F5NO3. The van der Waals surface area contributed by atoms with Gasteiger partial charge in [0.1, 0.15) is 11.6 Å². The first-order valence-electron chi connectivity index (χ1n) is 7.63. The molecule has 0 aromatic heterocycles. The molecule has 9 heteroatoms. The van der Waals surface area contributed by atoms with Crippen molar-refractivity contribution in [2.24, 2.45) is 17.8 Å². The molecule has 1 heterocycles. The van der Waals surface area contributed by atoms with Gasteiger partial charge in [0.15, 0.2) is 0 Å². The maximum atomic E-state index is 13.8. The van der Waals surface area contributed by atoms with Crippen LogP contribution in [-0.2, 0) is 9.59 Å². The molecule has 4 nitrogen and oxygen atoms in total. The summed E-state index contributed by atoms with van der Waals surface area (Å²) in [6.07, 6.45) is -4.48. The molecule has 4 atom stereocenters. The monoisotopic (exact) mass is 363 g/mol. The molecule has 3 rings (SSSR count). The van der Waals surface area contributed by atoms with E-state index in [9.17, 15) is 31.5 Å². The molecule has 2 unspecified atom stereocenters. The van der Waals surface area contributed by atoms with Crippen LogP contribution in [0.3, 0.4) is 0 Å². The smallest absolute Gasteiger partial charge is 0.394 e. The number of benzene rings is 1. The fourth-order valence-corrected chi connectivity index (χ4v) is 3.41. The van der Waals surface area contributed by atoms with E-state index in [1.165, 1.54) is 6.07 Å². The highest BCUT2D eigenvalue weighted by Gasteiger charge is 2.56. The van der Waals surface area contributed by atoms with Gasteiger partial charge in [-0.15, -0.1) is 0 Å². The van der Waals surface area contributed by atoms with E-state index in [1.54, 1.807) is 0 Å². The molecule has 1 amide bonds. The first-order valence-corrected chi connectivity index (χ1v) is 7.63. The van der Waals surface area contributed by atoms with Crippen LogP contribution in [0.5, 0.6) is 0 Å². The van der Waals surface area contributed by atoms with Crippen LogP contribution in [-0.4, -0.2) is 41.1 Å². The third kappa shape index (κ3) is 3.32. The largest absolute Gasteiger partial charge is 0.481 e. The Hall–Kier alpha value is -2.19. The van der Waals surface area contributed by atoms with Gasteiger partial charge in [-0.1, -0.05) is 6.07 Å². The second kappa shape index (κ2) is 5.96. The summed E-state index contributed by atoms with van der Waals surface area (Å²) < 4.78 is 65.6. The lowest BCUT2D eigenvalue weighted by Crippen LogP contribution is -2.34. The van der Waals surface area contributed by atoms with Crippen molar-refractivity contribution in [1.29, 1.82) is 0 Å². The second-order valence-corrected chi connectivity index (χ2v) is 6.45. The van der Waals surface area contributed by atoms with Gasteiger partial charge in [-0.25, -0.2) is 8.78 Å². The quantitative estimate of drug-likeness (QED) is 0.841. The Kier molecular flexibility index (Phi) is 4.20. The van der Waals surface area contributed by atoms with E-state index in [0.717, 1.165) is 11.0 Å². The molecule has 0 bridgehead atoms. The van der Waals surface area contributed by atoms with E-state index in [0.29, 0.717) is 6.07 Å². The number of carbonyl (C=O) groups is 2. The minimum absolute atomic E-state index is 0.140. The van der Waals surface area contributed by atoms with Crippen molar-refractivity contribution in [2.75, 3.05) is 13.1 Å². The average Bonchev–Trinajstić information content (AvgIpc) is 3.13. The Bertz CT molecular complexity index is 720. The van der Waals surface area contributed by atoms with Gasteiger partial charge in [0.25, 0.3) is 0 Å². The van der Waals surface area contributed by atoms with Crippen molar-refractivity contribution < 1.29 is 36.6 Å². The Balaban J connectivity index is 1.72. The summed E-state index contributed by atoms with van der Waals surface area (Å²) in [5, 5.41) is 8.97. The van der Waals surface area contributed by atoms with E-state index >= 15 is 0 Å². The zero-order valence-electron chi connectivity index (χ0n) is 12.8. The molecular weight excluding hydrogens is 349 g/mol. The standard InChI is InChI=1S/C16H14F5NO3/c17-7-1-2-8(13(18)3-7)9-4-10(9)14(23)22-5-11(15(24)25)12(6-22)16(19,20)21/h1-3,9-12H,4-6H2,(H,24,25)/t9?,10?,11-,12-/m1/s1. The first-order chi connectivity index (χ1) is 11.6. The molecule has 0 spiro atoms. The molecule has 1 aliphatic carbocycles. The van der Waals surface area contributed by atoms with Gasteiger partial charge in [0, 0.05) is 25.1 Å². The van der Waals surface area contributed by atoms with Crippen LogP contribution < -0.4 is 0 Å². The Morgan fingerprint density at radius 1 is 1.12 bits per heavy atom. The lowest BCUT2D eigenvalue weighted by molar-refractivity contribution is -0.188. The zero-order chi connectivity index (χ0) is 18.5. The number of carboxylic acid groups (broad SMARTS) is 1. The molecule has 1 aromatic carbocycles. The van der Waals surface area contributed by atoms with Crippen LogP contribution in [0.15, 0.2) is 18.2 Å². The van der Waals surface area contributed by atoms with Gasteiger partial charge in [-0.3, -0.25) is 9.59 Å². The van der Waals surface area contributed by atoms with Crippen molar-refractivity contribution in [3.63, 3.8) is 0 Å². The van der Waals surface area contributed by atoms with Gasteiger partial charge in [0.2, 0.25) is 5.91 Å². The van der Waals surface area contributed by atoms with Gasteiger partial charge < -0.3 is 10.0 Å². The van der Waals surface area contributed by atoms with Crippen LogP contribution in [0.1, 0.15) is 17.9 Å². The third-order valence-corrected chi connectivity index (χ3v) is 4.84. The highest BCUT2D eigenvalue weighted by atomic mass is 19.4. The number of hydrogen-bond acceptors (Lipinski definition) is 2. The predicted molar refractivity (Wildman–Crippen MR) is 74.5 cm³/mol. The van der Waals surface area contributed by atoms with E-state index in [-0.39, 0.29) is 12.0 Å². The van der Waals surface area contributed by atoms with E-state index in [2.05, 4.69) is 0 Å². The average molecular weight is 363 g/mol. The molecule has 0 radical (unpaired) electrons. The Labute approximate surface area is 139 Å². The molecule has 1 saturated carbocycles. The fraction of sp³-hybridized carbons (Fsp3) is 0.500. The minimum Gasteiger partial charge on any atom is -0.481 e. The predicted octanol–water partition coefficient (Wildman–Crippen LogP) is 2.79. The van der Waals surface area contributed by atoms with Crippen LogP contribution >= 0.6 is 0 Å². The van der Waals surface area contributed by atoms with Gasteiger partial charge in [-0.2, -0.15) is 13.2 Å². The van der Waals surface area contributed by atoms with Crippen LogP contribution in [0.4, 0.5) is 22.0 Å². The number of hydrogen-bond donors (Lipinski definition) is 1. The summed E-state index contributed by atoms with van der Waals surface area (Å²) in [6, 6.07) is 2.95. The van der Waals surface area contributed by atoms with Crippen molar-refractivity contribution >= 4 is 11.9 Å². The molecule has 1 aromatic rings. The van der Waals surface area contributed by atoms with Crippen molar-refractivity contribution in [2.45, 2.75) is 18.5 Å². The number of aliphatic carboxylic acids is 1. The second-order valence-electron chi connectivity index (χ2n) is 6.45. The summed E-state index contributed by atoms with van der Waals surface area (Å²) in [4.78, 5) is 24.3. The number of carboxylic acids is 1. The number of amides is 1. The van der Waals surface area contributed by atoms with Crippen LogP contribution in [0.25, 0.3) is 0 Å². The van der Waals surface area contributed by atoms with Gasteiger partial charge in [-0.05, 0) is 24.0 Å². The normalized spacial score (nSPS) is 28.9. The summed E-state index contributed by atoms with van der Waals surface area (Å²) in [7, 11) is 0. The molecule has 1 saturated heterocycles. The van der Waals surface area contributed by atoms with E-state index < -0.39 is 66.4 Å². The number of alkyl halides is 3. The van der Waals surface area contributed by atoms with E-state index in [1.807, 2.05) is 0 Å². The highest BCUT2D eigenvalue weighted by molar-refractivity contribution is 5.84. The molecule has 1 aliphatic heterocycles. The van der Waals surface area contributed by atoms with Gasteiger partial charge >= 0.3 is 12.1 Å². The number of nitrogens with zero attached hydrogens (tertiary/aromatic N) is 1. The Morgan fingerprint density at radius 2 is 1.80 bits per heavy atom. The molecule has 1 N–H and O–H groups in total. The number of halogens is 5. The molecule has 2 aliphatic rings. The van der Waals surface area contributed by atoms with Crippen molar-refractivity contribution in [3.8, 4) is 0 Å². The topological polar surface area (TPSA) is 57.6 Å². The number of carbonyl (C=O) groups excluding carboxylic acids is 1. The SMILES string of the molecule is O=C(O)[C@@H]1CN(C(=O)C2CC2c2ccc(F)cc2F)C[C@H]1C(F)(F)F. The number of likely N-dealkylation sites (tertiary alicyclic amines) is 1. The number of rotatable bonds is 3. The summed E-state index contributed by atoms with van der Waals surface area (Å²) in [5.41, 5.74) is 0.140.